The number of benzene rings is 1. The van der Waals surface area contributed by atoms with Crippen LogP contribution in [0.15, 0.2) is 24.3 Å². The van der Waals surface area contributed by atoms with Crippen LogP contribution in [0.25, 0.3) is 10.9 Å². The van der Waals surface area contributed by atoms with Gasteiger partial charge in [0.05, 0.1) is 5.52 Å². The molecule has 6 nitrogen and oxygen atoms in total. The van der Waals surface area contributed by atoms with E-state index in [1.54, 1.807) is 6.07 Å². The second-order valence-electron chi connectivity index (χ2n) is 4.76. The van der Waals surface area contributed by atoms with Gasteiger partial charge in [0, 0.05) is 11.1 Å². The lowest BCUT2D eigenvalue weighted by Crippen LogP contribution is -2.54. The first-order valence-electron chi connectivity index (χ1n) is 6.19. The molecule has 0 saturated carbocycles. The first-order chi connectivity index (χ1) is 9.62. The number of rotatable bonds is 3. The molecule has 1 amide bonds. The van der Waals surface area contributed by atoms with Crippen molar-refractivity contribution in [2.24, 2.45) is 0 Å². The van der Waals surface area contributed by atoms with Crippen molar-refractivity contribution in [1.82, 2.24) is 15.5 Å². The minimum absolute atomic E-state index is 0.234. The number of carboxylic acids is 1. The summed E-state index contributed by atoms with van der Waals surface area (Å²) in [6, 6.07) is 7.25. The van der Waals surface area contributed by atoms with Gasteiger partial charge in [0.25, 0.3) is 5.91 Å². The van der Waals surface area contributed by atoms with Crippen LogP contribution in [0.4, 0.5) is 0 Å². The zero-order valence-corrected chi connectivity index (χ0v) is 11.4. The number of aromatic nitrogens is 2. The molecular weight excluding hydrogens is 278 g/mol. The van der Waals surface area contributed by atoms with Gasteiger partial charge in [0.1, 0.15) is 5.54 Å². The van der Waals surface area contributed by atoms with E-state index in [2.05, 4.69) is 15.5 Å². The Morgan fingerprint density at radius 2 is 2.20 bits per heavy atom. The molecule has 0 aliphatic carbocycles. The van der Waals surface area contributed by atoms with Crippen molar-refractivity contribution in [2.75, 3.05) is 11.5 Å². The van der Waals surface area contributed by atoms with Gasteiger partial charge in [0.2, 0.25) is 0 Å². The summed E-state index contributed by atoms with van der Waals surface area (Å²) in [5, 5.41) is 19.5. The zero-order valence-electron chi connectivity index (χ0n) is 10.5. The van der Waals surface area contributed by atoms with Gasteiger partial charge in [-0.15, -0.1) is 0 Å². The van der Waals surface area contributed by atoms with Gasteiger partial charge >= 0.3 is 5.97 Å². The van der Waals surface area contributed by atoms with Crippen LogP contribution in [0, 0.1) is 0 Å². The molecule has 1 aromatic heterocycles. The number of para-hydroxylation sites is 1. The maximum Gasteiger partial charge on any atom is 0.330 e. The van der Waals surface area contributed by atoms with Crippen LogP contribution in [0.2, 0.25) is 0 Å². The van der Waals surface area contributed by atoms with Crippen LogP contribution in [-0.4, -0.2) is 44.2 Å². The Kier molecular flexibility index (Phi) is 3.13. The van der Waals surface area contributed by atoms with Crippen LogP contribution in [0.1, 0.15) is 16.9 Å². The molecule has 1 fully saturated rings. The molecule has 1 aromatic carbocycles. The number of hydrogen-bond donors (Lipinski definition) is 3. The Morgan fingerprint density at radius 1 is 1.40 bits per heavy atom. The molecule has 1 aliphatic rings. The quantitative estimate of drug-likeness (QED) is 0.791. The average Bonchev–Trinajstić information content (AvgIpc) is 3.05. The maximum atomic E-state index is 12.3. The number of fused-ring (bicyclic) bond motifs is 1. The van der Waals surface area contributed by atoms with Gasteiger partial charge in [-0.25, -0.2) is 4.79 Å². The highest BCUT2D eigenvalue weighted by Gasteiger charge is 2.43. The Labute approximate surface area is 118 Å². The monoisotopic (exact) mass is 291 g/mol. The summed E-state index contributed by atoms with van der Waals surface area (Å²) >= 11 is 1.53. The molecule has 0 bridgehead atoms. The number of thioether (sulfide) groups is 1. The van der Waals surface area contributed by atoms with Gasteiger partial charge in [-0.2, -0.15) is 16.9 Å². The molecule has 3 rings (SSSR count). The molecule has 104 valence electrons. The molecule has 2 heterocycles. The first kappa shape index (κ1) is 13.0. The fourth-order valence-corrected chi connectivity index (χ4v) is 3.62. The Balaban J connectivity index is 1.91. The Hall–Kier alpha value is -2.02. The van der Waals surface area contributed by atoms with E-state index in [1.165, 1.54) is 11.8 Å². The first-order valence-corrected chi connectivity index (χ1v) is 7.35. The van der Waals surface area contributed by atoms with Gasteiger partial charge in [-0.05, 0) is 18.2 Å². The summed E-state index contributed by atoms with van der Waals surface area (Å²) < 4.78 is 0. The third kappa shape index (κ3) is 2.03. The van der Waals surface area contributed by atoms with E-state index in [0.29, 0.717) is 17.6 Å². The Bertz CT molecular complexity index is 676. The number of carbonyl (C=O) groups excluding carboxylic acids is 1. The maximum absolute atomic E-state index is 12.3. The zero-order chi connectivity index (χ0) is 14.2. The molecule has 2 aromatic rings. The summed E-state index contributed by atoms with van der Waals surface area (Å²) in [5.41, 5.74) is -0.192. The molecule has 0 radical (unpaired) electrons. The van der Waals surface area contributed by atoms with Crippen molar-refractivity contribution in [3.8, 4) is 0 Å². The van der Waals surface area contributed by atoms with E-state index in [-0.39, 0.29) is 5.69 Å². The van der Waals surface area contributed by atoms with E-state index < -0.39 is 17.4 Å². The number of amides is 1. The van der Waals surface area contributed by atoms with E-state index in [1.807, 2.05) is 18.2 Å². The second-order valence-corrected chi connectivity index (χ2v) is 5.87. The smallest absolute Gasteiger partial charge is 0.330 e. The molecular formula is C13H13N3O3S. The van der Waals surface area contributed by atoms with Crippen molar-refractivity contribution >= 4 is 34.5 Å². The summed E-state index contributed by atoms with van der Waals surface area (Å²) in [5.74, 6) is -0.326. The lowest BCUT2D eigenvalue weighted by Gasteiger charge is -2.24. The summed E-state index contributed by atoms with van der Waals surface area (Å²) in [6.07, 6.45) is 0.432. The summed E-state index contributed by atoms with van der Waals surface area (Å²) in [4.78, 5) is 23.8. The van der Waals surface area contributed by atoms with Crippen molar-refractivity contribution in [1.29, 1.82) is 0 Å². The molecule has 1 saturated heterocycles. The van der Waals surface area contributed by atoms with E-state index in [4.69, 9.17) is 0 Å². The molecule has 20 heavy (non-hydrogen) atoms. The number of carboxylic acid groups (broad SMARTS) is 1. The predicted octanol–water partition coefficient (Wildman–Crippen LogP) is 1.25. The lowest BCUT2D eigenvalue weighted by molar-refractivity contribution is -0.143. The lowest BCUT2D eigenvalue weighted by atomic mass is 9.99. The standard InChI is InChI=1S/C13H13N3O3S/c17-11(14-13(12(18)19)5-6-20-7-13)10-8-3-1-2-4-9(8)15-16-10/h1-4H,5-7H2,(H,14,17)(H,15,16)(H,18,19)/t13-/m0/s1. The average molecular weight is 291 g/mol. The highest BCUT2D eigenvalue weighted by atomic mass is 32.2. The van der Waals surface area contributed by atoms with Crippen molar-refractivity contribution in [3.63, 3.8) is 0 Å². The Morgan fingerprint density at radius 3 is 2.90 bits per heavy atom. The van der Waals surface area contributed by atoms with Crippen LogP contribution < -0.4 is 5.32 Å². The topological polar surface area (TPSA) is 95.1 Å². The largest absolute Gasteiger partial charge is 0.479 e. The number of aromatic amines is 1. The van der Waals surface area contributed by atoms with Crippen LogP contribution in [0.3, 0.4) is 0 Å². The van der Waals surface area contributed by atoms with Crippen LogP contribution in [0.5, 0.6) is 0 Å². The molecule has 1 aliphatic heterocycles. The highest BCUT2D eigenvalue weighted by Crippen LogP contribution is 2.29. The molecule has 7 heteroatoms. The fraction of sp³-hybridized carbons (Fsp3) is 0.308. The molecule has 0 unspecified atom stereocenters. The third-order valence-electron chi connectivity index (χ3n) is 3.47. The van der Waals surface area contributed by atoms with Gasteiger partial charge in [0.15, 0.2) is 5.69 Å². The number of carbonyl (C=O) groups is 2. The highest BCUT2D eigenvalue weighted by molar-refractivity contribution is 7.99. The fourth-order valence-electron chi connectivity index (χ4n) is 2.30. The molecule has 0 spiro atoms. The molecule has 1 atom stereocenters. The minimum atomic E-state index is -1.18. The number of H-pyrrole nitrogens is 1. The normalized spacial score (nSPS) is 22.0. The second kappa shape index (κ2) is 4.82. The van der Waals surface area contributed by atoms with E-state index >= 15 is 0 Å². The van der Waals surface area contributed by atoms with Gasteiger partial charge in [-0.1, -0.05) is 18.2 Å². The van der Waals surface area contributed by atoms with Gasteiger partial charge in [-0.3, -0.25) is 9.89 Å². The number of aliphatic carboxylic acids is 1. The van der Waals surface area contributed by atoms with Gasteiger partial charge < -0.3 is 10.4 Å². The summed E-state index contributed by atoms with van der Waals surface area (Å²) in [7, 11) is 0. The van der Waals surface area contributed by atoms with Crippen LogP contribution >= 0.6 is 11.8 Å². The molecule has 3 N–H and O–H groups in total. The number of nitrogens with one attached hydrogen (secondary N) is 2. The van der Waals surface area contributed by atoms with Crippen LogP contribution in [-0.2, 0) is 4.79 Å². The van der Waals surface area contributed by atoms with E-state index in [9.17, 15) is 14.7 Å². The van der Waals surface area contributed by atoms with Crippen molar-refractivity contribution in [3.05, 3.63) is 30.0 Å². The SMILES string of the molecule is O=C(N[C@@]1(C(=O)O)CCSC1)c1n[nH]c2ccccc12. The van der Waals surface area contributed by atoms with E-state index in [0.717, 1.165) is 11.3 Å². The minimum Gasteiger partial charge on any atom is -0.479 e. The third-order valence-corrected chi connectivity index (χ3v) is 4.66. The van der Waals surface area contributed by atoms with Crippen molar-refractivity contribution < 1.29 is 14.7 Å². The summed E-state index contributed by atoms with van der Waals surface area (Å²) in [6.45, 7) is 0. The number of hydrogen-bond acceptors (Lipinski definition) is 4. The number of nitrogens with zero attached hydrogens (tertiary/aromatic N) is 1. The predicted molar refractivity (Wildman–Crippen MR) is 75.9 cm³/mol. The van der Waals surface area contributed by atoms with Crippen molar-refractivity contribution in [2.45, 2.75) is 12.0 Å².